The molecule has 2 aliphatic heterocycles. The Morgan fingerprint density at radius 1 is 1.35 bits per heavy atom. The van der Waals surface area contributed by atoms with Gasteiger partial charge in [-0.3, -0.25) is 14.7 Å². The topological polar surface area (TPSA) is 103 Å². The van der Waals surface area contributed by atoms with E-state index in [1.807, 2.05) is 4.90 Å². The number of aliphatic carboxylic acids is 1. The number of carbonyl (C=O) groups is 1. The van der Waals surface area contributed by atoms with Gasteiger partial charge in [0.05, 0.1) is 30.5 Å². The van der Waals surface area contributed by atoms with Crippen LogP contribution in [-0.2, 0) is 9.53 Å². The van der Waals surface area contributed by atoms with Crippen LogP contribution in [0.5, 0.6) is 0 Å². The molecule has 0 radical (unpaired) electrons. The largest absolute Gasteiger partial charge is 0.480 e. The predicted molar refractivity (Wildman–Crippen MR) is 131 cm³/mol. The average Bonchev–Trinajstić information content (AvgIpc) is 2.87. The molecule has 2 atom stereocenters. The third kappa shape index (κ3) is 7.25. The van der Waals surface area contributed by atoms with E-state index < -0.39 is 35.6 Å². The standard InChI is InChI=1S/C24H32F4N6O3/c1-4-18(24(26,27)28)12-29-15(2)19-13-37-10-9-34(19)22-20(25)21(31-14-32-22)30-11-17-5-7-33(8-6-17)16(3)23(35)36/h4,12,14,16-17,19H,2,5-11,13H2,1,3H3,(H,35,36)(H,30,31,32)/b18-4+,29-12?/t16?,19-/m1/s1. The van der Waals surface area contributed by atoms with Crippen molar-refractivity contribution in [1.82, 2.24) is 14.9 Å². The van der Waals surface area contributed by atoms with Gasteiger partial charge in [0.15, 0.2) is 11.6 Å². The molecular weight excluding hydrogens is 496 g/mol. The molecule has 3 rings (SSSR count). The van der Waals surface area contributed by atoms with E-state index in [2.05, 4.69) is 26.9 Å². The van der Waals surface area contributed by atoms with E-state index in [-0.39, 0.29) is 43.0 Å². The molecule has 1 aromatic heterocycles. The van der Waals surface area contributed by atoms with Crippen molar-refractivity contribution in [3.05, 3.63) is 36.1 Å². The fourth-order valence-electron chi connectivity index (χ4n) is 4.31. The van der Waals surface area contributed by atoms with Gasteiger partial charge in [-0.15, -0.1) is 0 Å². The van der Waals surface area contributed by atoms with Gasteiger partial charge in [-0.05, 0) is 45.7 Å². The van der Waals surface area contributed by atoms with Crippen LogP contribution < -0.4 is 10.2 Å². The van der Waals surface area contributed by atoms with E-state index in [9.17, 15) is 23.1 Å². The highest BCUT2D eigenvalue weighted by atomic mass is 19.4. The number of hydrogen-bond acceptors (Lipinski definition) is 8. The van der Waals surface area contributed by atoms with Crippen molar-refractivity contribution in [2.75, 3.05) is 49.6 Å². The summed E-state index contributed by atoms with van der Waals surface area (Å²) in [4.78, 5) is 26.7. The molecule has 204 valence electrons. The van der Waals surface area contributed by atoms with Crippen molar-refractivity contribution in [3.8, 4) is 0 Å². The summed E-state index contributed by atoms with van der Waals surface area (Å²) in [7, 11) is 0. The molecule has 9 nitrogen and oxygen atoms in total. The van der Waals surface area contributed by atoms with Crippen molar-refractivity contribution in [2.45, 2.75) is 44.9 Å². The van der Waals surface area contributed by atoms with Crippen molar-refractivity contribution in [2.24, 2.45) is 10.9 Å². The van der Waals surface area contributed by atoms with E-state index in [1.165, 1.54) is 13.3 Å². The monoisotopic (exact) mass is 528 g/mol. The number of likely N-dealkylation sites (tertiary alicyclic amines) is 1. The van der Waals surface area contributed by atoms with Crippen molar-refractivity contribution < 1.29 is 32.2 Å². The smallest absolute Gasteiger partial charge is 0.417 e. The Morgan fingerprint density at radius 2 is 2.05 bits per heavy atom. The number of allylic oxidation sites excluding steroid dienone is 2. The molecule has 0 spiro atoms. The zero-order valence-corrected chi connectivity index (χ0v) is 20.8. The Morgan fingerprint density at radius 3 is 2.68 bits per heavy atom. The first kappa shape index (κ1) is 28.5. The van der Waals surface area contributed by atoms with Gasteiger partial charge in [0.25, 0.3) is 0 Å². The summed E-state index contributed by atoms with van der Waals surface area (Å²) in [6.45, 7) is 9.01. The lowest BCUT2D eigenvalue weighted by Crippen LogP contribution is -2.47. The van der Waals surface area contributed by atoms with Gasteiger partial charge in [0.1, 0.15) is 12.4 Å². The number of anilines is 2. The molecule has 37 heavy (non-hydrogen) atoms. The number of carboxylic acid groups (broad SMARTS) is 1. The first-order valence-corrected chi connectivity index (χ1v) is 12.0. The summed E-state index contributed by atoms with van der Waals surface area (Å²) in [5.74, 6) is -1.33. The molecule has 0 aliphatic carbocycles. The maximum atomic E-state index is 15.5. The van der Waals surface area contributed by atoms with E-state index in [1.54, 1.807) is 11.8 Å². The fraction of sp³-hybridized carbons (Fsp3) is 0.583. The Kier molecular flexibility index (Phi) is 9.60. The van der Waals surface area contributed by atoms with Gasteiger partial charge in [-0.25, -0.2) is 9.97 Å². The lowest BCUT2D eigenvalue weighted by molar-refractivity contribution is -0.143. The second kappa shape index (κ2) is 12.5. The molecule has 2 fully saturated rings. The van der Waals surface area contributed by atoms with Crippen molar-refractivity contribution >= 4 is 23.8 Å². The third-order valence-corrected chi connectivity index (χ3v) is 6.68. The molecule has 0 amide bonds. The number of nitrogens with zero attached hydrogens (tertiary/aromatic N) is 5. The molecule has 2 aliphatic rings. The van der Waals surface area contributed by atoms with Crippen LogP contribution in [0.3, 0.4) is 0 Å². The first-order chi connectivity index (χ1) is 17.5. The molecule has 0 bridgehead atoms. The molecule has 0 saturated carbocycles. The van der Waals surface area contributed by atoms with E-state index in [0.29, 0.717) is 25.8 Å². The Labute approximate surface area is 212 Å². The molecular formula is C24H32F4N6O3. The Hall–Kier alpha value is -3.06. The maximum Gasteiger partial charge on any atom is 0.417 e. The fourth-order valence-corrected chi connectivity index (χ4v) is 4.31. The number of hydrogen-bond donors (Lipinski definition) is 2. The number of alkyl halides is 3. The molecule has 1 aromatic rings. The minimum Gasteiger partial charge on any atom is -0.480 e. The van der Waals surface area contributed by atoms with Crippen LogP contribution in [0.25, 0.3) is 0 Å². The zero-order chi connectivity index (χ0) is 27.2. The number of rotatable bonds is 9. The van der Waals surface area contributed by atoms with E-state index >= 15 is 4.39 Å². The average molecular weight is 529 g/mol. The van der Waals surface area contributed by atoms with Crippen molar-refractivity contribution in [3.63, 3.8) is 0 Å². The zero-order valence-electron chi connectivity index (χ0n) is 20.8. The highest BCUT2D eigenvalue weighted by Crippen LogP contribution is 2.29. The lowest BCUT2D eigenvalue weighted by Gasteiger charge is -2.36. The molecule has 1 unspecified atom stereocenters. The quantitative estimate of drug-likeness (QED) is 0.371. The van der Waals surface area contributed by atoms with Gasteiger partial charge in [0.2, 0.25) is 5.82 Å². The summed E-state index contributed by atoms with van der Waals surface area (Å²) in [5, 5.41) is 12.2. The first-order valence-electron chi connectivity index (χ1n) is 12.0. The predicted octanol–water partition coefficient (Wildman–Crippen LogP) is 3.51. The van der Waals surface area contributed by atoms with Crippen LogP contribution in [0.15, 0.2) is 35.2 Å². The minimum absolute atomic E-state index is 0.0129. The number of carboxylic acids is 1. The number of halogens is 4. The Bertz CT molecular complexity index is 1020. The van der Waals surface area contributed by atoms with Crippen LogP contribution >= 0.6 is 0 Å². The van der Waals surface area contributed by atoms with Gasteiger partial charge in [-0.1, -0.05) is 12.7 Å². The SMILES string of the molecule is C=C(N=C/C(=C\C)C(F)(F)F)[C@H]1COCCN1c1ncnc(NCC2CCN(C(C)C(=O)O)CC2)c1F. The number of piperidine rings is 1. The number of morpholine rings is 1. The molecule has 3 heterocycles. The van der Waals surface area contributed by atoms with E-state index in [4.69, 9.17) is 4.74 Å². The second-order valence-corrected chi connectivity index (χ2v) is 9.01. The van der Waals surface area contributed by atoms with Crippen molar-refractivity contribution in [1.29, 1.82) is 0 Å². The number of aromatic nitrogens is 2. The van der Waals surface area contributed by atoms with Gasteiger partial charge < -0.3 is 20.1 Å². The summed E-state index contributed by atoms with van der Waals surface area (Å²) in [6.07, 6.45) is -0.200. The summed E-state index contributed by atoms with van der Waals surface area (Å²) < 4.78 is 60.0. The van der Waals surface area contributed by atoms with Gasteiger partial charge in [-0.2, -0.15) is 17.6 Å². The minimum atomic E-state index is -4.55. The number of nitrogens with one attached hydrogen (secondary N) is 1. The van der Waals surface area contributed by atoms with Crippen LogP contribution in [0.2, 0.25) is 0 Å². The molecule has 13 heteroatoms. The molecule has 2 N–H and O–H groups in total. The third-order valence-electron chi connectivity index (χ3n) is 6.68. The summed E-state index contributed by atoms with van der Waals surface area (Å²) >= 11 is 0. The molecule has 0 aromatic carbocycles. The normalized spacial score (nSPS) is 21.3. The highest BCUT2D eigenvalue weighted by molar-refractivity contribution is 5.81. The Balaban J connectivity index is 1.67. The van der Waals surface area contributed by atoms with Gasteiger partial charge in [0, 0.05) is 19.3 Å². The lowest BCUT2D eigenvalue weighted by atomic mass is 9.96. The van der Waals surface area contributed by atoms with Crippen LogP contribution in [0.1, 0.15) is 26.7 Å². The van der Waals surface area contributed by atoms with Gasteiger partial charge >= 0.3 is 12.1 Å². The highest BCUT2D eigenvalue weighted by Gasteiger charge is 2.33. The van der Waals surface area contributed by atoms with Crippen LogP contribution in [0.4, 0.5) is 29.2 Å². The van der Waals surface area contributed by atoms with E-state index in [0.717, 1.165) is 18.9 Å². The van der Waals surface area contributed by atoms with Crippen LogP contribution in [-0.4, -0.2) is 89.8 Å². The summed E-state index contributed by atoms with van der Waals surface area (Å²) in [5.41, 5.74) is -0.835. The van der Waals surface area contributed by atoms with Crippen LogP contribution in [0, 0.1) is 11.7 Å². The second-order valence-electron chi connectivity index (χ2n) is 9.01. The maximum absolute atomic E-state index is 15.5. The number of ether oxygens (including phenoxy) is 1. The number of aliphatic imine (C=N–C) groups is 1. The molecule has 2 saturated heterocycles. The summed E-state index contributed by atoms with van der Waals surface area (Å²) in [6, 6.07) is -1.26.